The first-order chi connectivity index (χ1) is 20.3. The maximum atomic E-state index is 14.3. The van der Waals surface area contributed by atoms with Crippen LogP contribution >= 0.6 is 0 Å². The highest BCUT2D eigenvalue weighted by molar-refractivity contribution is 7.91. The van der Waals surface area contributed by atoms with Crippen molar-refractivity contribution < 1.29 is 45.2 Å². The summed E-state index contributed by atoms with van der Waals surface area (Å²) in [7, 11) is -10.5. The van der Waals surface area contributed by atoms with Gasteiger partial charge in [0.1, 0.15) is 29.2 Å². The largest absolute Gasteiger partial charge is 0.506 e. The Kier molecular flexibility index (Phi) is 11.8. The van der Waals surface area contributed by atoms with Crippen molar-refractivity contribution >= 4 is 46.2 Å². The molecule has 45 heavy (non-hydrogen) atoms. The van der Waals surface area contributed by atoms with E-state index in [1.807, 2.05) is 19.6 Å². The second-order valence-electron chi connectivity index (χ2n) is 13.9. The van der Waals surface area contributed by atoms with Crippen molar-refractivity contribution in [2.75, 3.05) is 23.7 Å². The van der Waals surface area contributed by atoms with Crippen molar-refractivity contribution in [1.29, 1.82) is 0 Å². The fourth-order valence-electron chi connectivity index (χ4n) is 3.96. The van der Waals surface area contributed by atoms with Crippen LogP contribution in [-0.4, -0.2) is 76.9 Å². The van der Waals surface area contributed by atoms with Crippen LogP contribution in [0.2, 0.25) is 25.7 Å². The molecule has 252 valence electrons. The minimum atomic E-state index is -4.82. The van der Waals surface area contributed by atoms with Gasteiger partial charge in [-0.05, 0) is 71.3 Å². The standard InChI is InChI=1S/C30H46N2O10S2Si/c1-29(2,3)40-27(34)21-32(44(38,39)31(17-18-45(8,9)10)28(35)41-30(4,5)6)24-16-15-22(20-25(24)33)19-23-13-11-12-14-26(23)42-43(7,36)37/h11-16,20,33H,17-19,21H2,1-10H3. The molecule has 1 N–H and O–H groups in total. The number of phenols is 1. The van der Waals surface area contributed by atoms with Gasteiger partial charge < -0.3 is 18.8 Å². The molecule has 1 amide bonds. The minimum Gasteiger partial charge on any atom is -0.506 e. The van der Waals surface area contributed by atoms with E-state index >= 15 is 0 Å². The molecule has 0 aliphatic heterocycles. The Morgan fingerprint density at radius 1 is 0.889 bits per heavy atom. The summed E-state index contributed by atoms with van der Waals surface area (Å²) in [5, 5.41) is 11.2. The normalized spacial score (nSPS) is 12.8. The predicted octanol–water partition coefficient (Wildman–Crippen LogP) is 5.29. The van der Waals surface area contributed by atoms with Crippen molar-refractivity contribution in [3.63, 3.8) is 0 Å². The maximum absolute atomic E-state index is 14.3. The monoisotopic (exact) mass is 686 g/mol. The van der Waals surface area contributed by atoms with Gasteiger partial charge in [0, 0.05) is 26.6 Å². The smallest absolute Gasteiger partial charge is 0.425 e. The van der Waals surface area contributed by atoms with Crippen LogP contribution in [0.4, 0.5) is 10.5 Å². The van der Waals surface area contributed by atoms with Gasteiger partial charge in [-0.1, -0.05) is 43.9 Å². The second kappa shape index (κ2) is 14.0. The summed E-state index contributed by atoms with van der Waals surface area (Å²) in [5.74, 6) is -1.31. The van der Waals surface area contributed by atoms with Crippen molar-refractivity contribution in [1.82, 2.24) is 4.31 Å². The molecule has 0 unspecified atom stereocenters. The highest BCUT2D eigenvalue weighted by Gasteiger charge is 2.40. The maximum Gasteiger partial charge on any atom is 0.425 e. The van der Waals surface area contributed by atoms with Crippen molar-refractivity contribution in [3.8, 4) is 11.5 Å². The van der Waals surface area contributed by atoms with Crippen LogP contribution in [0, 0.1) is 0 Å². The molecular weight excluding hydrogens is 641 g/mol. The first kappa shape index (κ1) is 37.9. The van der Waals surface area contributed by atoms with E-state index in [0.29, 0.717) is 25.8 Å². The zero-order valence-electron chi connectivity index (χ0n) is 27.7. The van der Waals surface area contributed by atoms with E-state index in [9.17, 15) is 31.5 Å². The Hall–Kier alpha value is -3.30. The van der Waals surface area contributed by atoms with Gasteiger partial charge in [-0.15, -0.1) is 0 Å². The van der Waals surface area contributed by atoms with Gasteiger partial charge in [0.05, 0.1) is 11.9 Å². The lowest BCUT2D eigenvalue weighted by atomic mass is 10.0. The molecule has 0 spiro atoms. The molecule has 0 radical (unpaired) electrons. The summed E-state index contributed by atoms with van der Waals surface area (Å²) in [6.07, 6.45) is -0.0686. The Balaban J connectivity index is 2.63. The number of hydrogen-bond acceptors (Lipinski definition) is 10. The van der Waals surface area contributed by atoms with E-state index < -0.39 is 64.0 Å². The number of anilines is 1. The van der Waals surface area contributed by atoms with Gasteiger partial charge >= 0.3 is 32.4 Å². The Bertz CT molecular complexity index is 1590. The van der Waals surface area contributed by atoms with Gasteiger partial charge in [0.15, 0.2) is 0 Å². The Labute approximate surface area is 268 Å². The molecule has 0 aromatic heterocycles. The molecule has 0 saturated heterocycles. The van der Waals surface area contributed by atoms with Crippen molar-refractivity contribution in [3.05, 3.63) is 53.6 Å². The SMILES string of the molecule is CC(C)(C)OC(=O)CN(c1ccc(Cc2ccccc2OS(C)(=O)=O)cc1O)S(=O)(=O)N(CC[Si](C)(C)C)C(=O)OC(C)(C)C. The van der Waals surface area contributed by atoms with E-state index in [0.717, 1.165) is 6.26 Å². The predicted molar refractivity (Wildman–Crippen MR) is 176 cm³/mol. The van der Waals surface area contributed by atoms with Crippen LogP contribution in [0.1, 0.15) is 52.7 Å². The second-order valence-corrected chi connectivity index (χ2v) is 22.8. The molecule has 12 nitrogen and oxygen atoms in total. The average molecular weight is 687 g/mol. The number of nitrogens with zero attached hydrogens (tertiary/aromatic N) is 2. The molecule has 0 atom stereocenters. The van der Waals surface area contributed by atoms with Crippen LogP contribution in [0.5, 0.6) is 11.5 Å². The third-order valence-electron chi connectivity index (χ3n) is 5.83. The first-order valence-corrected chi connectivity index (χ1v) is 21.2. The number of amides is 1. The summed E-state index contributed by atoms with van der Waals surface area (Å²) >= 11 is 0. The van der Waals surface area contributed by atoms with Gasteiger partial charge in [-0.25, -0.2) is 9.10 Å². The van der Waals surface area contributed by atoms with Crippen LogP contribution in [-0.2, 0) is 41.0 Å². The molecule has 2 aromatic carbocycles. The number of benzene rings is 2. The molecule has 0 saturated carbocycles. The van der Waals surface area contributed by atoms with E-state index in [-0.39, 0.29) is 24.4 Å². The summed E-state index contributed by atoms with van der Waals surface area (Å²) in [5.41, 5.74) is -1.25. The number of carbonyl (C=O) groups excluding carboxylic acids is 2. The highest BCUT2D eigenvalue weighted by Crippen LogP contribution is 2.34. The van der Waals surface area contributed by atoms with Gasteiger partial charge in [0.25, 0.3) is 0 Å². The van der Waals surface area contributed by atoms with E-state index in [1.54, 1.807) is 59.7 Å². The highest BCUT2D eigenvalue weighted by atomic mass is 32.2. The summed E-state index contributed by atoms with van der Waals surface area (Å²) in [6.45, 7) is 14.7. The van der Waals surface area contributed by atoms with Crippen LogP contribution in [0.25, 0.3) is 0 Å². The molecule has 0 aliphatic rings. The fraction of sp³-hybridized carbons (Fsp3) is 0.533. The van der Waals surface area contributed by atoms with Crippen molar-refractivity contribution in [2.45, 2.75) is 84.9 Å². The van der Waals surface area contributed by atoms with E-state index in [4.69, 9.17) is 13.7 Å². The minimum absolute atomic E-state index is 0.105. The molecule has 2 aromatic rings. The molecule has 15 heteroatoms. The fourth-order valence-corrected chi connectivity index (χ4v) is 6.96. The third kappa shape index (κ3) is 12.5. The zero-order chi connectivity index (χ0) is 34.6. The zero-order valence-corrected chi connectivity index (χ0v) is 30.3. The lowest BCUT2D eigenvalue weighted by molar-refractivity contribution is -0.152. The number of carbonyl (C=O) groups is 2. The van der Waals surface area contributed by atoms with E-state index in [1.165, 1.54) is 24.3 Å². The van der Waals surface area contributed by atoms with E-state index in [2.05, 4.69) is 0 Å². The molecule has 2 rings (SSSR count). The summed E-state index contributed by atoms with van der Waals surface area (Å²) < 4.78 is 69.1. The van der Waals surface area contributed by atoms with Crippen LogP contribution < -0.4 is 8.49 Å². The number of esters is 1. The molecule has 0 bridgehead atoms. The Morgan fingerprint density at radius 3 is 1.98 bits per heavy atom. The molecule has 0 heterocycles. The Morgan fingerprint density at radius 2 is 1.47 bits per heavy atom. The lowest BCUT2D eigenvalue weighted by Gasteiger charge is -2.34. The average Bonchev–Trinajstić information content (AvgIpc) is 2.80. The number of rotatable bonds is 12. The first-order valence-electron chi connectivity index (χ1n) is 14.3. The summed E-state index contributed by atoms with van der Waals surface area (Å²) in [4.78, 5) is 26.3. The molecular formula is C30H46N2O10S2Si. The summed E-state index contributed by atoms with van der Waals surface area (Å²) in [6, 6.07) is 11.0. The lowest BCUT2D eigenvalue weighted by Crippen LogP contribution is -2.51. The topological polar surface area (TPSA) is 157 Å². The van der Waals surface area contributed by atoms with Crippen molar-refractivity contribution in [2.24, 2.45) is 0 Å². The number of aromatic hydroxyl groups is 1. The van der Waals surface area contributed by atoms with Crippen LogP contribution in [0.15, 0.2) is 42.5 Å². The molecule has 0 aliphatic carbocycles. The van der Waals surface area contributed by atoms with Crippen LogP contribution in [0.3, 0.4) is 0 Å². The number of hydrogen-bond donors (Lipinski definition) is 1. The number of phenolic OH excluding ortho intramolecular Hbond substituents is 1. The number of ether oxygens (including phenoxy) is 2. The third-order valence-corrected chi connectivity index (χ3v) is 9.81. The van der Waals surface area contributed by atoms with Gasteiger partial charge in [-0.3, -0.25) is 4.79 Å². The van der Waals surface area contributed by atoms with Gasteiger partial charge in [0.2, 0.25) is 0 Å². The van der Waals surface area contributed by atoms with Gasteiger partial charge in [-0.2, -0.15) is 21.1 Å². The quantitative estimate of drug-likeness (QED) is 0.177. The molecule has 0 fully saturated rings. The number of para-hydroxylation sites is 1.